The van der Waals surface area contributed by atoms with Crippen molar-refractivity contribution in [2.24, 2.45) is 0 Å². The van der Waals surface area contributed by atoms with Crippen LogP contribution in [0.3, 0.4) is 0 Å². The predicted octanol–water partition coefficient (Wildman–Crippen LogP) is 1.23. The minimum absolute atomic E-state index is 0.216. The van der Waals surface area contributed by atoms with Gasteiger partial charge in [0, 0.05) is 5.69 Å². The van der Waals surface area contributed by atoms with E-state index >= 15 is 0 Å². The van der Waals surface area contributed by atoms with E-state index in [2.05, 4.69) is 10.1 Å². The van der Waals surface area contributed by atoms with Gasteiger partial charge in [0.05, 0.1) is 0 Å². The Kier molecular flexibility index (Phi) is 2.99. The summed E-state index contributed by atoms with van der Waals surface area (Å²) in [5.41, 5.74) is 0.939. The summed E-state index contributed by atoms with van der Waals surface area (Å²) in [5.74, 6) is 0. The first kappa shape index (κ1) is 7.60. The predicted molar refractivity (Wildman–Crippen MR) is 42.1 cm³/mol. The summed E-state index contributed by atoms with van der Waals surface area (Å²) in [6, 6.07) is 9.53. The Balaban J connectivity index is 2.33. The average molecular weight is 151 g/mol. The molecule has 0 aromatic heterocycles. The van der Waals surface area contributed by atoms with Gasteiger partial charge >= 0.3 is 0 Å². The van der Waals surface area contributed by atoms with Gasteiger partial charge in [-0.15, -0.1) is 0 Å². The molecule has 0 fully saturated rings. The van der Waals surface area contributed by atoms with E-state index in [1.807, 2.05) is 30.3 Å². The Labute approximate surface area is 65.0 Å². The highest BCUT2D eigenvalue weighted by Crippen LogP contribution is 2.03. The van der Waals surface area contributed by atoms with Crippen LogP contribution in [0.2, 0.25) is 0 Å². The van der Waals surface area contributed by atoms with Gasteiger partial charge in [-0.1, -0.05) is 18.2 Å². The van der Waals surface area contributed by atoms with E-state index in [1.165, 1.54) is 0 Å². The molecular formula is C8H9NO2. The normalized spacial score (nSPS) is 8.73. The fourth-order valence-electron chi connectivity index (χ4n) is 0.715. The minimum Gasteiger partial charge on any atom is -0.447 e. The second-order valence-electron chi connectivity index (χ2n) is 1.95. The molecule has 0 radical (unpaired) electrons. The Morgan fingerprint density at radius 1 is 1.36 bits per heavy atom. The molecule has 0 amide bonds. The van der Waals surface area contributed by atoms with Gasteiger partial charge in [-0.05, 0) is 12.1 Å². The maximum atomic E-state index is 9.73. The molecule has 0 atom stereocenters. The monoisotopic (exact) mass is 151 g/mol. The van der Waals surface area contributed by atoms with Crippen LogP contribution < -0.4 is 5.32 Å². The van der Waals surface area contributed by atoms with E-state index in [0.717, 1.165) is 5.69 Å². The maximum Gasteiger partial charge on any atom is 0.294 e. The molecule has 3 heteroatoms. The summed E-state index contributed by atoms with van der Waals surface area (Å²) < 4.78 is 4.45. The van der Waals surface area contributed by atoms with Crippen molar-refractivity contribution in [3.63, 3.8) is 0 Å². The van der Waals surface area contributed by atoms with Gasteiger partial charge in [0.1, 0.15) is 0 Å². The number of nitrogens with one attached hydrogen (secondary N) is 1. The van der Waals surface area contributed by atoms with Crippen LogP contribution in [-0.2, 0) is 9.53 Å². The van der Waals surface area contributed by atoms with Crippen LogP contribution in [0.25, 0.3) is 0 Å². The Hall–Kier alpha value is -1.51. The van der Waals surface area contributed by atoms with Crippen LogP contribution in [0.4, 0.5) is 5.69 Å². The zero-order valence-electron chi connectivity index (χ0n) is 5.99. The Morgan fingerprint density at radius 3 is 2.73 bits per heavy atom. The minimum atomic E-state index is 0.216. The number of benzene rings is 1. The summed E-state index contributed by atoms with van der Waals surface area (Å²) in [5, 5.41) is 2.89. The molecule has 0 unspecified atom stereocenters. The van der Waals surface area contributed by atoms with Gasteiger partial charge < -0.3 is 10.1 Å². The third kappa shape index (κ3) is 2.71. The lowest BCUT2D eigenvalue weighted by Crippen LogP contribution is -2.03. The number of anilines is 1. The largest absolute Gasteiger partial charge is 0.447 e. The fourth-order valence-corrected chi connectivity index (χ4v) is 0.715. The van der Waals surface area contributed by atoms with Gasteiger partial charge in [0.2, 0.25) is 0 Å². The highest BCUT2D eigenvalue weighted by Gasteiger charge is 1.85. The van der Waals surface area contributed by atoms with Crippen molar-refractivity contribution in [1.29, 1.82) is 0 Å². The van der Waals surface area contributed by atoms with Crippen molar-refractivity contribution in [2.45, 2.75) is 0 Å². The van der Waals surface area contributed by atoms with E-state index in [1.54, 1.807) is 0 Å². The van der Waals surface area contributed by atoms with Crippen LogP contribution in [0.1, 0.15) is 0 Å². The molecule has 11 heavy (non-hydrogen) atoms. The number of hydrogen-bond acceptors (Lipinski definition) is 3. The molecule has 58 valence electrons. The van der Waals surface area contributed by atoms with Crippen LogP contribution in [0.5, 0.6) is 0 Å². The summed E-state index contributed by atoms with van der Waals surface area (Å²) in [7, 11) is 0. The molecule has 1 aromatic rings. The Morgan fingerprint density at radius 2 is 2.09 bits per heavy atom. The third-order valence-corrected chi connectivity index (χ3v) is 1.20. The molecular weight excluding hydrogens is 142 g/mol. The van der Waals surface area contributed by atoms with Crippen molar-refractivity contribution >= 4 is 12.2 Å². The average Bonchev–Trinajstić information content (AvgIpc) is 2.07. The lowest BCUT2D eigenvalue weighted by Gasteiger charge is -2.02. The fraction of sp³-hybridized carbons (Fsp3) is 0.125. The highest BCUT2D eigenvalue weighted by atomic mass is 16.5. The summed E-state index contributed by atoms with van der Waals surface area (Å²) in [6.07, 6.45) is 0. The number of rotatable bonds is 4. The van der Waals surface area contributed by atoms with E-state index in [4.69, 9.17) is 0 Å². The number of hydrogen-bond donors (Lipinski definition) is 1. The lowest BCUT2D eigenvalue weighted by atomic mass is 10.3. The maximum absolute atomic E-state index is 9.73. The molecule has 3 nitrogen and oxygen atoms in total. The van der Waals surface area contributed by atoms with Gasteiger partial charge in [0.25, 0.3) is 6.47 Å². The molecule has 0 aliphatic carbocycles. The van der Waals surface area contributed by atoms with Crippen LogP contribution in [-0.4, -0.2) is 13.2 Å². The van der Waals surface area contributed by atoms with Crippen LogP contribution in [0.15, 0.2) is 30.3 Å². The molecule has 0 spiro atoms. The quantitative estimate of drug-likeness (QED) is 0.399. The van der Waals surface area contributed by atoms with Gasteiger partial charge in [-0.25, -0.2) is 0 Å². The molecule has 0 heterocycles. The van der Waals surface area contributed by atoms with Crippen molar-refractivity contribution in [2.75, 3.05) is 12.0 Å². The van der Waals surface area contributed by atoms with E-state index in [9.17, 15) is 4.79 Å². The van der Waals surface area contributed by atoms with Crippen LogP contribution in [0, 0.1) is 0 Å². The van der Waals surface area contributed by atoms with Gasteiger partial charge in [-0.2, -0.15) is 0 Å². The molecule has 0 saturated carbocycles. The topological polar surface area (TPSA) is 38.3 Å². The first-order valence-corrected chi connectivity index (χ1v) is 3.27. The third-order valence-electron chi connectivity index (χ3n) is 1.20. The molecule has 0 saturated heterocycles. The first-order chi connectivity index (χ1) is 5.43. The molecule has 1 rings (SSSR count). The SMILES string of the molecule is O=COCNc1ccccc1. The number of para-hydroxylation sites is 1. The van der Waals surface area contributed by atoms with E-state index in [-0.39, 0.29) is 6.73 Å². The van der Waals surface area contributed by atoms with Gasteiger partial charge in [-0.3, -0.25) is 4.79 Å². The standard InChI is InChI=1S/C8H9NO2/c10-7-11-6-9-8-4-2-1-3-5-8/h1-5,7,9H,6H2. The van der Waals surface area contributed by atoms with Crippen molar-refractivity contribution in [3.05, 3.63) is 30.3 Å². The lowest BCUT2D eigenvalue weighted by molar-refractivity contribution is -0.127. The molecule has 1 aromatic carbocycles. The second-order valence-corrected chi connectivity index (χ2v) is 1.95. The van der Waals surface area contributed by atoms with E-state index < -0.39 is 0 Å². The van der Waals surface area contributed by atoms with E-state index in [0.29, 0.717) is 6.47 Å². The zero-order valence-corrected chi connectivity index (χ0v) is 5.99. The molecule has 1 N–H and O–H groups in total. The van der Waals surface area contributed by atoms with Crippen molar-refractivity contribution in [1.82, 2.24) is 0 Å². The number of ether oxygens (including phenoxy) is 1. The first-order valence-electron chi connectivity index (χ1n) is 3.27. The smallest absolute Gasteiger partial charge is 0.294 e. The summed E-state index contributed by atoms with van der Waals surface area (Å²) >= 11 is 0. The van der Waals surface area contributed by atoms with Crippen LogP contribution >= 0.6 is 0 Å². The van der Waals surface area contributed by atoms with Gasteiger partial charge in [0.15, 0.2) is 6.73 Å². The summed E-state index contributed by atoms with van der Waals surface area (Å²) in [4.78, 5) is 9.73. The molecule has 0 aliphatic rings. The Bertz CT molecular complexity index is 211. The molecule has 0 bridgehead atoms. The number of carbonyl (C=O) groups excluding carboxylic acids is 1. The van der Waals surface area contributed by atoms with Crippen molar-refractivity contribution in [3.8, 4) is 0 Å². The number of carbonyl (C=O) groups is 1. The molecule has 0 aliphatic heterocycles. The zero-order chi connectivity index (χ0) is 7.94. The highest BCUT2D eigenvalue weighted by molar-refractivity contribution is 5.43. The second kappa shape index (κ2) is 4.33. The van der Waals surface area contributed by atoms with Crippen molar-refractivity contribution < 1.29 is 9.53 Å². The summed E-state index contributed by atoms with van der Waals surface area (Å²) in [6.45, 7) is 0.628.